The Morgan fingerprint density at radius 2 is 1.94 bits per heavy atom. The number of furan rings is 1. The third kappa shape index (κ3) is 4.51. The van der Waals surface area contributed by atoms with Crippen LogP contribution in [0.4, 0.5) is 5.00 Å². The summed E-state index contributed by atoms with van der Waals surface area (Å²) < 4.78 is 10.9. The van der Waals surface area contributed by atoms with Crippen LogP contribution in [0, 0.1) is 6.92 Å². The zero-order valence-electron chi connectivity index (χ0n) is 17.9. The molecule has 1 N–H and O–H groups in total. The second-order valence-electron chi connectivity index (χ2n) is 7.71. The third-order valence-corrected chi connectivity index (χ3v) is 7.54. The first-order valence-corrected chi connectivity index (χ1v) is 12.5. The van der Waals surface area contributed by atoms with Gasteiger partial charge in [0.05, 0.1) is 23.1 Å². The molecule has 0 radical (unpaired) electrons. The van der Waals surface area contributed by atoms with E-state index in [1.54, 1.807) is 12.3 Å². The van der Waals surface area contributed by atoms with Gasteiger partial charge in [0, 0.05) is 10.4 Å². The highest BCUT2D eigenvalue weighted by atomic mass is 32.2. The van der Waals surface area contributed by atoms with Gasteiger partial charge < -0.3 is 14.2 Å². The van der Waals surface area contributed by atoms with Crippen LogP contribution < -0.4 is 5.32 Å². The van der Waals surface area contributed by atoms with Crippen LogP contribution in [0.5, 0.6) is 0 Å². The SMILES string of the molecule is Cc1occc1-c1nnc(SCC(=O)Nc2sc3c(c2C(=O)c2ccccc2)CCCC3)o1. The van der Waals surface area contributed by atoms with Gasteiger partial charge in [0.15, 0.2) is 5.78 Å². The highest BCUT2D eigenvalue weighted by Crippen LogP contribution is 2.39. The van der Waals surface area contributed by atoms with Crippen LogP contribution >= 0.6 is 23.1 Å². The molecule has 3 aromatic heterocycles. The fourth-order valence-electron chi connectivity index (χ4n) is 3.90. The second kappa shape index (κ2) is 9.36. The molecule has 0 saturated heterocycles. The summed E-state index contributed by atoms with van der Waals surface area (Å²) >= 11 is 2.67. The average Bonchev–Trinajstić information content (AvgIpc) is 3.55. The smallest absolute Gasteiger partial charge is 0.277 e. The van der Waals surface area contributed by atoms with Crippen LogP contribution in [0.2, 0.25) is 0 Å². The second-order valence-corrected chi connectivity index (χ2v) is 9.74. The van der Waals surface area contributed by atoms with Crippen molar-refractivity contribution in [2.24, 2.45) is 0 Å². The van der Waals surface area contributed by atoms with Crippen molar-refractivity contribution in [1.29, 1.82) is 0 Å². The number of anilines is 1. The Balaban J connectivity index is 1.31. The number of fused-ring (bicyclic) bond motifs is 1. The normalized spacial score (nSPS) is 13.0. The highest BCUT2D eigenvalue weighted by molar-refractivity contribution is 7.99. The number of aryl methyl sites for hydroxylation is 2. The predicted molar refractivity (Wildman–Crippen MR) is 127 cm³/mol. The number of rotatable bonds is 7. The van der Waals surface area contributed by atoms with Gasteiger partial charge >= 0.3 is 0 Å². The Labute approximate surface area is 198 Å². The molecule has 4 aromatic rings. The first-order valence-electron chi connectivity index (χ1n) is 10.6. The van der Waals surface area contributed by atoms with E-state index in [1.807, 2.05) is 37.3 Å². The minimum Gasteiger partial charge on any atom is -0.469 e. The van der Waals surface area contributed by atoms with E-state index < -0.39 is 0 Å². The summed E-state index contributed by atoms with van der Waals surface area (Å²) in [6.07, 6.45) is 5.52. The van der Waals surface area contributed by atoms with Crippen molar-refractivity contribution < 1.29 is 18.4 Å². The first kappa shape index (κ1) is 21.7. The standard InChI is InChI=1S/C24H21N3O4S2/c1-14-16(11-12-30-14)22-26-27-24(31-22)32-13-19(28)25-23-20(17-9-5-6-10-18(17)33-23)21(29)15-7-3-2-4-8-15/h2-4,7-8,11-12H,5-6,9-10,13H2,1H3,(H,25,28). The maximum absolute atomic E-state index is 13.3. The lowest BCUT2D eigenvalue weighted by Crippen LogP contribution is -2.16. The number of carbonyl (C=O) groups is 2. The monoisotopic (exact) mass is 479 g/mol. The summed E-state index contributed by atoms with van der Waals surface area (Å²) in [5, 5.41) is 11.9. The number of thioether (sulfide) groups is 1. The van der Waals surface area contributed by atoms with Crippen molar-refractivity contribution in [1.82, 2.24) is 10.2 Å². The van der Waals surface area contributed by atoms with E-state index in [9.17, 15) is 9.59 Å². The van der Waals surface area contributed by atoms with Crippen molar-refractivity contribution in [2.45, 2.75) is 37.8 Å². The summed E-state index contributed by atoms with van der Waals surface area (Å²) in [6, 6.07) is 11.0. The van der Waals surface area contributed by atoms with E-state index in [-0.39, 0.29) is 17.4 Å². The van der Waals surface area contributed by atoms with Crippen LogP contribution in [-0.2, 0) is 17.6 Å². The van der Waals surface area contributed by atoms with E-state index in [1.165, 1.54) is 16.2 Å². The number of ketones is 1. The van der Waals surface area contributed by atoms with Crippen LogP contribution in [-0.4, -0.2) is 27.6 Å². The van der Waals surface area contributed by atoms with Crippen molar-refractivity contribution in [2.75, 3.05) is 11.1 Å². The lowest BCUT2D eigenvalue weighted by Gasteiger charge is -2.12. The number of aromatic nitrogens is 2. The van der Waals surface area contributed by atoms with Crippen LogP contribution in [0.3, 0.4) is 0 Å². The summed E-state index contributed by atoms with van der Waals surface area (Å²) in [7, 11) is 0. The van der Waals surface area contributed by atoms with E-state index >= 15 is 0 Å². The minimum absolute atomic E-state index is 0.0463. The summed E-state index contributed by atoms with van der Waals surface area (Å²) in [4.78, 5) is 27.3. The van der Waals surface area contributed by atoms with Crippen LogP contribution in [0.15, 0.2) is 56.7 Å². The van der Waals surface area contributed by atoms with E-state index in [2.05, 4.69) is 15.5 Å². The zero-order valence-corrected chi connectivity index (χ0v) is 19.6. The number of hydrogen-bond donors (Lipinski definition) is 1. The van der Waals surface area contributed by atoms with Crippen molar-refractivity contribution in [3.05, 3.63) is 70.0 Å². The predicted octanol–water partition coefficient (Wildman–Crippen LogP) is 5.54. The molecule has 9 heteroatoms. The molecular weight excluding hydrogens is 458 g/mol. The Morgan fingerprint density at radius 1 is 1.12 bits per heavy atom. The molecule has 1 amide bonds. The van der Waals surface area contributed by atoms with Gasteiger partial charge in [0.25, 0.3) is 11.1 Å². The molecule has 7 nitrogen and oxygen atoms in total. The number of thiophene rings is 1. The molecule has 168 valence electrons. The lowest BCUT2D eigenvalue weighted by molar-refractivity contribution is -0.113. The maximum Gasteiger partial charge on any atom is 0.277 e. The number of carbonyl (C=O) groups excluding carboxylic acids is 2. The molecule has 0 fully saturated rings. The van der Waals surface area contributed by atoms with Gasteiger partial charge in [0.1, 0.15) is 10.8 Å². The number of nitrogens with zero attached hydrogens (tertiary/aromatic N) is 2. The lowest BCUT2D eigenvalue weighted by atomic mass is 9.92. The quantitative estimate of drug-likeness (QED) is 0.274. The number of nitrogens with one attached hydrogen (secondary N) is 1. The zero-order chi connectivity index (χ0) is 22.8. The average molecular weight is 480 g/mol. The Hall–Kier alpha value is -3.17. The largest absolute Gasteiger partial charge is 0.469 e. The van der Waals surface area contributed by atoms with Gasteiger partial charge in [-0.25, -0.2) is 0 Å². The molecule has 5 rings (SSSR count). The van der Waals surface area contributed by atoms with E-state index in [0.29, 0.717) is 33.0 Å². The van der Waals surface area contributed by atoms with Gasteiger partial charge in [-0.1, -0.05) is 42.1 Å². The summed E-state index contributed by atoms with van der Waals surface area (Å²) in [5.41, 5.74) is 3.07. The van der Waals surface area contributed by atoms with Gasteiger partial charge in [-0.3, -0.25) is 9.59 Å². The molecule has 0 saturated carbocycles. The Kier molecular flexibility index (Phi) is 6.15. The van der Waals surface area contributed by atoms with Gasteiger partial charge in [-0.15, -0.1) is 21.5 Å². The molecule has 0 bridgehead atoms. The molecule has 0 atom stereocenters. The topological polar surface area (TPSA) is 98.2 Å². The first-order chi connectivity index (χ1) is 16.1. The van der Waals surface area contributed by atoms with E-state index in [4.69, 9.17) is 8.83 Å². The van der Waals surface area contributed by atoms with E-state index in [0.717, 1.165) is 48.6 Å². The number of amides is 1. The van der Waals surface area contributed by atoms with Crippen LogP contribution in [0.1, 0.15) is 45.0 Å². The molecular formula is C24H21N3O4S2. The minimum atomic E-state index is -0.222. The molecule has 3 heterocycles. The maximum atomic E-state index is 13.3. The van der Waals surface area contributed by atoms with Gasteiger partial charge in [-0.05, 0) is 44.2 Å². The van der Waals surface area contributed by atoms with Crippen molar-refractivity contribution >= 4 is 39.8 Å². The fraction of sp³-hybridized carbons (Fsp3) is 0.250. The number of hydrogen-bond acceptors (Lipinski definition) is 8. The van der Waals surface area contributed by atoms with Crippen molar-refractivity contribution in [3.8, 4) is 11.5 Å². The number of benzene rings is 1. The summed E-state index contributed by atoms with van der Waals surface area (Å²) in [6.45, 7) is 1.81. The molecule has 1 aromatic carbocycles. The highest BCUT2D eigenvalue weighted by Gasteiger charge is 2.27. The van der Waals surface area contributed by atoms with Crippen molar-refractivity contribution in [3.63, 3.8) is 0 Å². The molecule has 0 spiro atoms. The molecule has 1 aliphatic rings. The van der Waals surface area contributed by atoms with Gasteiger partial charge in [0.2, 0.25) is 5.91 Å². The Morgan fingerprint density at radius 3 is 2.73 bits per heavy atom. The fourth-order valence-corrected chi connectivity index (χ4v) is 5.77. The summed E-state index contributed by atoms with van der Waals surface area (Å²) in [5.74, 6) is 0.860. The Bertz CT molecular complexity index is 1310. The molecule has 0 unspecified atom stereocenters. The molecule has 1 aliphatic carbocycles. The molecule has 33 heavy (non-hydrogen) atoms. The molecule has 0 aliphatic heterocycles. The van der Waals surface area contributed by atoms with Crippen LogP contribution in [0.25, 0.3) is 11.5 Å². The third-order valence-electron chi connectivity index (χ3n) is 5.51. The van der Waals surface area contributed by atoms with Gasteiger partial charge in [-0.2, -0.15) is 0 Å².